The summed E-state index contributed by atoms with van der Waals surface area (Å²) in [6.45, 7) is 0. The molecule has 1 aliphatic rings. The van der Waals surface area contributed by atoms with E-state index in [9.17, 15) is 0 Å². The molecule has 0 unspecified atom stereocenters. The molecule has 0 aliphatic carbocycles. The molecule has 61 heavy (non-hydrogen) atoms. The number of rotatable bonds is 5. The first-order valence-electron chi connectivity index (χ1n) is 20.5. The van der Waals surface area contributed by atoms with E-state index in [1.54, 1.807) is 0 Å². The summed E-state index contributed by atoms with van der Waals surface area (Å²) >= 11 is 0. The lowest BCUT2D eigenvalue weighted by molar-refractivity contribution is 0.487. The summed E-state index contributed by atoms with van der Waals surface area (Å²) in [7, 11) is 0. The van der Waals surface area contributed by atoms with Crippen LogP contribution in [0.3, 0.4) is 0 Å². The van der Waals surface area contributed by atoms with Gasteiger partial charge in [0, 0.05) is 49.3 Å². The number of hydrogen-bond donors (Lipinski definition) is 0. The van der Waals surface area contributed by atoms with E-state index in [4.69, 9.17) is 19.7 Å². The Labute approximate surface area is 350 Å². The Morgan fingerprint density at radius 1 is 0.328 bits per heavy atom. The molecule has 0 bridgehead atoms. The smallest absolute Gasteiger partial charge is 0.238 e. The molecule has 6 nitrogen and oxygen atoms in total. The minimum Gasteiger partial charge on any atom is -0.456 e. The molecule has 0 spiro atoms. The van der Waals surface area contributed by atoms with E-state index in [1.807, 2.05) is 60.7 Å². The Kier molecular flexibility index (Phi) is 7.21. The van der Waals surface area contributed by atoms with Crippen molar-refractivity contribution in [2.45, 2.75) is 0 Å². The van der Waals surface area contributed by atoms with E-state index < -0.39 is 0 Å². The molecule has 4 heterocycles. The number of benzene rings is 9. The van der Waals surface area contributed by atoms with Gasteiger partial charge in [0.05, 0.1) is 22.1 Å². The van der Waals surface area contributed by atoms with E-state index in [0.29, 0.717) is 17.6 Å². The average Bonchev–Trinajstić information content (AvgIpc) is 3.85. The topological polar surface area (TPSA) is 57.8 Å². The number of fused-ring (bicyclic) bond motifs is 9. The molecule has 0 radical (unpaired) electrons. The van der Waals surface area contributed by atoms with Gasteiger partial charge in [-0.25, -0.2) is 4.98 Å². The standard InChI is InChI=1S/C55H33N5O/c1-4-15-34(16-5-1)53-56-54(35-17-6-2-7-18-35)58-55(57-53)60-45-24-12-10-21-39(45)40-29-27-37(32-47(40)60)36-28-30-49-43(31-36)44-33-48-51(42-23-14-26-50(61-49)52(42)44)41-22-11-13-25-46(41)59(48)38-19-8-3-9-20-38/h1-33H. The number of hydrogen-bond acceptors (Lipinski definition) is 4. The van der Waals surface area contributed by atoms with Gasteiger partial charge >= 0.3 is 0 Å². The molecule has 0 N–H and O–H groups in total. The summed E-state index contributed by atoms with van der Waals surface area (Å²) in [4.78, 5) is 15.3. The van der Waals surface area contributed by atoms with Crippen LogP contribution in [0.1, 0.15) is 0 Å². The summed E-state index contributed by atoms with van der Waals surface area (Å²) < 4.78 is 11.3. The first-order chi connectivity index (χ1) is 30.2. The molecule has 6 heteroatoms. The zero-order chi connectivity index (χ0) is 40.0. The van der Waals surface area contributed by atoms with Gasteiger partial charge < -0.3 is 9.30 Å². The molecule has 0 saturated heterocycles. The highest BCUT2D eigenvalue weighted by atomic mass is 16.5. The zero-order valence-corrected chi connectivity index (χ0v) is 32.7. The normalized spacial score (nSPS) is 12.1. The molecular formula is C55H33N5O. The molecular weight excluding hydrogens is 747 g/mol. The predicted octanol–water partition coefficient (Wildman–Crippen LogP) is 14.0. The predicted molar refractivity (Wildman–Crippen MR) is 248 cm³/mol. The number of ether oxygens (including phenoxy) is 1. The summed E-state index contributed by atoms with van der Waals surface area (Å²) in [5, 5.41) is 7.01. The monoisotopic (exact) mass is 779 g/mol. The SMILES string of the molecule is c1ccc(-c2nc(-c3ccccc3)nc(-n3c4ccccc4c4ccc(-c5ccc6c(c5)-c5cc7c(c8cccc(c58)O6)c5ccccc5n7-c5ccccc5)cc43)n2)cc1. The third kappa shape index (κ3) is 5.12. The minimum absolute atomic E-state index is 0.566. The van der Waals surface area contributed by atoms with E-state index in [1.165, 1.54) is 27.2 Å². The lowest BCUT2D eigenvalue weighted by atomic mass is 9.90. The minimum atomic E-state index is 0.566. The van der Waals surface area contributed by atoms with Crippen LogP contribution in [0.2, 0.25) is 0 Å². The fourth-order valence-electron chi connectivity index (χ4n) is 9.45. The van der Waals surface area contributed by atoms with Gasteiger partial charge in [-0.1, -0.05) is 146 Å². The lowest BCUT2D eigenvalue weighted by Crippen LogP contribution is -2.06. The molecule has 284 valence electrons. The Balaban J connectivity index is 1.03. The second-order valence-electron chi connectivity index (χ2n) is 15.6. The van der Waals surface area contributed by atoms with Crippen LogP contribution in [0.15, 0.2) is 200 Å². The highest BCUT2D eigenvalue weighted by Gasteiger charge is 2.26. The maximum absolute atomic E-state index is 6.74. The van der Waals surface area contributed by atoms with Crippen molar-refractivity contribution in [2.24, 2.45) is 0 Å². The molecule has 0 amide bonds. The van der Waals surface area contributed by atoms with E-state index in [0.717, 1.165) is 77.8 Å². The highest BCUT2D eigenvalue weighted by Crippen LogP contribution is 2.51. The van der Waals surface area contributed by atoms with Crippen LogP contribution in [0, 0.1) is 0 Å². The Hall–Kier alpha value is -8.35. The average molecular weight is 780 g/mol. The lowest BCUT2D eigenvalue weighted by Gasteiger charge is -2.23. The molecule has 1 aliphatic heterocycles. The van der Waals surface area contributed by atoms with Crippen molar-refractivity contribution in [3.63, 3.8) is 0 Å². The second kappa shape index (κ2) is 13.1. The van der Waals surface area contributed by atoms with Crippen molar-refractivity contribution in [3.05, 3.63) is 200 Å². The molecule has 0 saturated carbocycles. The fourth-order valence-corrected chi connectivity index (χ4v) is 9.45. The Morgan fingerprint density at radius 2 is 0.918 bits per heavy atom. The van der Waals surface area contributed by atoms with Crippen molar-refractivity contribution in [3.8, 4) is 68.2 Å². The Morgan fingerprint density at radius 3 is 1.66 bits per heavy atom. The van der Waals surface area contributed by atoms with Crippen LogP contribution < -0.4 is 4.74 Å². The molecule has 0 fully saturated rings. The summed E-state index contributed by atoms with van der Waals surface area (Å²) in [6.07, 6.45) is 0. The van der Waals surface area contributed by atoms with Gasteiger partial charge in [-0.05, 0) is 76.7 Å². The van der Waals surface area contributed by atoms with Gasteiger partial charge in [0.1, 0.15) is 11.5 Å². The van der Waals surface area contributed by atoms with Gasteiger partial charge in [-0.15, -0.1) is 0 Å². The zero-order valence-electron chi connectivity index (χ0n) is 32.7. The van der Waals surface area contributed by atoms with Gasteiger partial charge in [-0.3, -0.25) is 4.57 Å². The van der Waals surface area contributed by atoms with E-state index >= 15 is 0 Å². The second-order valence-corrected chi connectivity index (χ2v) is 15.6. The molecule has 3 aromatic heterocycles. The third-order valence-electron chi connectivity index (χ3n) is 12.2. The van der Waals surface area contributed by atoms with Crippen LogP contribution in [-0.2, 0) is 0 Å². The molecule has 12 aromatic rings. The quantitative estimate of drug-likeness (QED) is 0.175. The fraction of sp³-hybridized carbons (Fsp3) is 0. The molecule has 0 atom stereocenters. The summed E-state index contributed by atoms with van der Waals surface area (Å²) in [5.41, 5.74) is 11.8. The summed E-state index contributed by atoms with van der Waals surface area (Å²) in [6, 6.07) is 70.2. The van der Waals surface area contributed by atoms with Crippen LogP contribution in [0.5, 0.6) is 11.5 Å². The van der Waals surface area contributed by atoms with Crippen LogP contribution in [-0.4, -0.2) is 24.1 Å². The maximum Gasteiger partial charge on any atom is 0.238 e. The van der Waals surface area contributed by atoms with E-state index in [-0.39, 0.29) is 0 Å². The van der Waals surface area contributed by atoms with Crippen LogP contribution in [0.4, 0.5) is 0 Å². The molecule has 13 rings (SSSR count). The maximum atomic E-state index is 6.74. The van der Waals surface area contributed by atoms with Crippen LogP contribution >= 0.6 is 0 Å². The van der Waals surface area contributed by atoms with Crippen molar-refractivity contribution in [1.29, 1.82) is 0 Å². The van der Waals surface area contributed by atoms with Gasteiger partial charge in [-0.2, -0.15) is 9.97 Å². The number of aromatic nitrogens is 5. The first kappa shape index (κ1) is 33.6. The Bertz CT molecular complexity index is 3660. The van der Waals surface area contributed by atoms with Gasteiger partial charge in [0.15, 0.2) is 11.6 Å². The first-order valence-corrected chi connectivity index (χ1v) is 20.5. The van der Waals surface area contributed by atoms with Gasteiger partial charge in [0.25, 0.3) is 0 Å². The third-order valence-corrected chi connectivity index (χ3v) is 12.2. The van der Waals surface area contributed by atoms with E-state index in [2.05, 4.69) is 149 Å². The van der Waals surface area contributed by atoms with Crippen molar-refractivity contribution < 1.29 is 4.74 Å². The van der Waals surface area contributed by atoms with Crippen molar-refractivity contribution >= 4 is 54.4 Å². The molecule has 9 aromatic carbocycles. The van der Waals surface area contributed by atoms with Crippen LogP contribution in [0.25, 0.3) is 111 Å². The van der Waals surface area contributed by atoms with Crippen molar-refractivity contribution in [1.82, 2.24) is 24.1 Å². The number of nitrogens with zero attached hydrogens (tertiary/aromatic N) is 5. The number of para-hydroxylation sites is 3. The largest absolute Gasteiger partial charge is 0.456 e. The highest BCUT2D eigenvalue weighted by molar-refractivity contribution is 6.26. The summed E-state index contributed by atoms with van der Waals surface area (Å²) in [5.74, 6) is 3.52. The van der Waals surface area contributed by atoms with Crippen molar-refractivity contribution in [2.75, 3.05) is 0 Å². The van der Waals surface area contributed by atoms with Gasteiger partial charge in [0.2, 0.25) is 5.95 Å².